The minimum atomic E-state index is -1.45. The smallest absolute Gasteiger partial charge is 0.122 e. The van der Waals surface area contributed by atoms with Crippen LogP contribution in [0.5, 0.6) is 5.75 Å². The van der Waals surface area contributed by atoms with Gasteiger partial charge in [-0.1, -0.05) is 0 Å². The monoisotopic (exact) mass is 157 g/mol. The molecule has 0 spiro atoms. The molecule has 54 valence electrons. The lowest BCUT2D eigenvalue weighted by Crippen LogP contribution is -2.01. The van der Waals surface area contributed by atoms with Crippen molar-refractivity contribution < 1.29 is 9.32 Å². The van der Waals surface area contributed by atoms with Crippen molar-refractivity contribution in [3.05, 3.63) is 24.3 Å². The average molecular weight is 157 g/mol. The molecular weight excluding hydrogens is 150 g/mol. The molecule has 0 saturated carbocycles. The fourth-order valence-electron chi connectivity index (χ4n) is 0.580. The minimum absolute atomic E-state index is 0.147. The first-order valence-electron chi connectivity index (χ1n) is 2.65. The quantitative estimate of drug-likeness (QED) is 0.618. The van der Waals surface area contributed by atoms with Gasteiger partial charge in [-0.25, -0.2) is 9.35 Å². The molecule has 0 amide bonds. The van der Waals surface area contributed by atoms with Crippen LogP contribution in [0, 0.1) is 0 Å². The van der Waals surface area contributed by atoms with E-state index >= 15 is 0 Å². The zero-order valence-corrected chi connectivity index (χ0v) is 5.97. The summed E-state index contributed by atoms with van der Waals surface area (Å²) >= 11 is 0. The summed E-state index contributed by atoms with van der Waals surface area (Å²) in [5.41, 5.74) is 0. The molecule has 0 heterocycles. The maximum absolute atomic E-state index is 10.6. The van der Waals surface area contributed by atoms with Crippen LogP contribution < -0.4 is 5.14 Å². The van der Waals surface area contributed by atoms with Crippen LogP contribution in [0.15, 0.2) is 29.2 Å². The van der Waals surface area contributed by atoms with Crippen LogP contribution in [0.25, 0.3) is 0 Å². The Labute approximate surface area is 61.1 Å². The number of phenolic OH excluding ortho intramolecular Hbond substituents is 1. The van der Waals surface area contributed by atoms with Gasteiger partial charge >= 0.3 is 0 Å². The van der Waals surface area contributed by atoms with E-state index in [1.165, 1.54) is 24.3 Å². The molecule has 3 nitrogen and oxygen atoms in total. The van der Waals surface area contributed by atoms with Gasteiger partial charge in [0.05, 0.1) is 4.90 Å². The molecule has 0 saturated heterocycles. The molecule has 0 aliphatic carbocycles. The molecule has 0 aliphatic heterocycles. The molecule has 0 bridgehead atoms. The van der Waals surface area contributed by atoms with Crippen molar-refractivity contribution in [2.75, 3.05) is 0 Å². The lowest BCUT2D eigenvalue weighted by atomic mass is 10.3. The Hall–Kier alpha value is -0.870. The van der Waals surface area contributed by atoms with Crippen LogP contribution in [0.4, 0.5) is 0 Å². The summed E-state index contributed by atoms with van der Waals surface area (Å²) in [6.07, 6.45) is 0. The third kappa shape index (κ3) is 1.55. The molecule has 0 fully saturated rings. The summed E-state index contributed by atoms with van der Waals surface area (Å²) < 4.78 is 10.6. The zero-order valence-electron chi connectivity index (χ0n) is 5.15. The van der Waals surface area contributed by atoms with E-state index in [4.69, 9.17) is 10.2 Å². The summed E-state index contributed by atoms with van der Waals surface area (Å²) in [5, 5.41) is 13.9. The Morgan fingerprint density at radius 3 is 2.20 bits per heavy atom. The summed E-state index contributed by atoms with van der Waals surface area (Å²) in [4.78, 5) is 0.512. The first kappa shape index (κ1) is 7.24. The molecule has 1 aromatic carbocycles. The normalized spacial score (nSPS) is 12.9. The van der Waals surface area contributed by atoms with E-state index in [0.717, 1.165) is 0 Å². The summed E-state index contributed by atoms with van der Waals surface area (Å²) in [6, 6.07) is 5.93. The van der Waals surface area contributed by atoms with Gasteiger partial charge in [-0.15, -0.1) is 0 Å². The van der Waals surface area contributed by atoms with Crippen molar-refractivity contribution in [2.45, 2.75) is 4.90 Å². The number of hydrogen-bond acceptors (Lipinski definition) is 2. The highest BCUT2D eigenvalue weighted by molar-refractivity contribution is 7.82. The highest BCUT2D eigenvalue weighted by Gasteiger charge is 1.95. The lowest BCUT2D eigenvalue weighted by molar-refractivity contribution is 0.475. The molecule has 10 heavy (non-hydrogen) atoms. The largest absolute Gasteiger partial charge is 0.508 e. The van der Waals surface area contributed by atoms with Crippen LogP contribution in [0.1, 0.15) is 0 Å². The lowest BCUT2D eigenvalue weighted by Gasteiger charge is -1.93. The Morgan fingerprint density at radius 1 is 1.30 bits per heavy atom. The maximum atomic E-state index is 10.6. The topological polar surface area (TPSA) is 63.3 Å². The van der Waals surface area contributed by atoms with Crippen LogP contribution >= 0.6 is 0 Å². The third-order valence-electron chi connectivity index (χ3n) is 1.07. The van der Waals surface area contributed by atoms with Crippen molar-refractivity contribution in [1.82, 2.24) is 0 Å². The predicted molar refractivity (Wildman–Crippen MR) is 38.7 cm³/mol. The van der Waals surface area contributed by atoms with Crippen LogP contribution in [0.3, 0.4) is 0 Å². The van der Waals surface area contributed by atoms with Gasteiger partial charge in [0.2, 0.25) is 0 Å². The standard InChI is InChI=1S/C6H7NO2S/c7-10(9)6-3-1-5(8)2-4-6/h1-4,8H,7H2/t10-/m1/s1. The molecule has 1 aromatic rings. The van der Waals surface area contributed by atoms with Crippen molar-refractivity contribution >= 4 is 11.0 Å². The molecule has 3 N–H and O–H groups in total. The Balaban J connectivity index is 3.00. The van der Waals surface area contributed by atoms with E-state index in [1.54, 1.807) is 0 Å². The van der Waals surface area contributed by atoms with Gasteiger partial charge in [0.15, 0.2) is 0 Å². The van der Waals surface area contributed by atoms with E-state index in [1.807, 2.05) is 0 Å². The molecule has 4 heteroatoms. The number of nitrogens with two attached hydrogens (primary N) is 1. The molecule has 0 unspecified atom stereocenters. The summed E-state index contributed by atoms with van der Waals surface area (Å²) in [5.74, 6) is 0.147. The maximum Gasteiger partial charge on any atom is 0.122 e. The van der Waals surface area contributed by atoms with Crippen LogP contribution in [-0.4, -0.2) is 9.32 Å². The molecule has 0 radical (unpaired) electrons. The second kappa shape index (κ2) is 2.81. The van der Waals surface area contributed by atoms with Crippen molar-refractivity contribution in [2.24, 2.45) is 5.14 Å². The van der Waals surface area contributed by atoms with E-state index < -0.39 is 11.0 Å². The number of benzene rings is 1. The first-order chi connectivity index (χ1) is 4.70. The van der Waals surface area contributed by atoms with Crippen LogP contribution in [0.2, 0.25) is 0 Å². The van der Waals surface area contributed by atoms with E-state index in [9.17, 15) is 4.21 Å². The van der Waals surface area contributed by atoms with Gasteiger partial charge in [0.1, 0.15) is 16.7 Å². The Kier molecular flexibility index (Phi) is 2.03. The zero-order chi connectivity index (χ0) is 7.56. The van der Waals surface area contributed by atoms with E-state index in [-0.39, 0.29) is 5.75 Å². The molecule has 0 aliphatic rings. The molecule has 1 atom stereocenters. The molecule has 0 aromatic heterocycles. The van der Waals surface area contributed by atoms with Crippen molar-refractivity contribution in [3.8, 4) is 5.75 Å². The second-order valence-electron chi connectivity index (χ2n) is 1.79. The van der Waals surface area contributed by atoms with E-state index in [2.05, 4.69) is 0 Å². The van der Waals surface area contributed by atoms with E-state index in [0.29, 0.717) is 4.90 Å². The van der Waals surface area contributed by atoms with Gasteiger partial charge < -0.3 is 5.11 Å². The van der Waals surface area contributed by atoms with Gasteiger partial charge in [0.25, 0.3) is 0 Å². The first-order valence-corrected chi connectivity index (χ1v) is 3.86. The summed E-state index contributed by atoms with van der Waals surface area (Å²) in [7, 11) is -1.45. The van der Waals surface area contributed by atoms with Crippen molar-refractivity contribution in [3.63, 3.8) is 0 Å². The van der Waals surface area contributed by atoms with Gasteiger partial charge in [0, 0.05) is 0 Å². The van der Waals surface area contributed by atoms with Gasteiger partial charge in [-0.3, -0.25) is 0 Å². The highest BCUT2D eigenvalue weighted by Crippen LogP contribution is 2.10. The van der Waals surface area contributed by atoms with Gasteiger partial charge in [-0.05, 0) is 24.3 Å². The SMILES string of the molecule is N[S@](=O)c1ccc(O)cc1. The number of aromatic hydroxyl groups is 1. The second-order valence-corrected chi connectivity index (χ2v) is 2.86. The number of rotatable bonds is 1. The highest BCUT2D eigenvalue weighted by atomic mass is 32.2. The van der Waals surface area contributed by atoms with Gasteiger partial charge in [-0.2, -0.15) is 0 Å². The summed E-state index contributed by atoms with van der Waals surface area (Å²) in [6.45, 7) is 0. The Morgan fingerprint density at radius 2 is 1.80 bits per heavy atom. The number of phenols is 1. The van der Waals surface area contributed by atoms with Crippen molar-refractivity contribution in [1.29, 1.82) is 0 Å². The fraction of sp³-hybridized carbons (Fsp3) is 0. The minimum Gasteiger partial charge on any atom is -0.508 e. The van der Waals surface area contributed by atoms with Crippen LogP contribution in [-0.2, 0) is 11.0 Å². The molecule has 1 rings (SSSR count). The predicted octanol–water partition coefficient (Wildman–Crippen LogP) is 0.374. The molecular formula is C6H7NO2S. The number of hydrogen-bond donors (Lipinski definition) is 2. The third-order valence-corrected chi connectivity index (χ3v) is 1.81. The average Bonchev–Trinajstić information content (AvgIpc) is 1.88. The Bertz CT molecular complexity index is 244. The fourth-order valence-corrected chi connectivity index (χ4v) is 0.985.